The molecule has 25 heavy (non-hydrogen) atoms. The van der Waals surface area contributed by atoms with E-state index in [1.807, 2.05) is 32.9 Å². The smallest absolute Gasteiger partial charge is 0.280 e. The van der Waals surface area contributed by atoms with Crippen LogP contribution in [-0.4, -0.2) is 8.42 Å². The van der Waals surface area contributed by atoms with E-state index in [0.717, 1.165) is 45.9 Å². The topological polar surface area (TPSA) is 46.2 Å². The Morgan fingerprint density at radius 3 is 2.16 bits per heavy atom. The van der Waals surface area contributed by atoms with E-state index in [-0.39, 0.29) is 5.69 Å². The Morgan fingerprint density at radius 1 is 1.00 bits per heavy atom. The standard InChI is InChI=1S/C18H18F3NO2S/c1-12-9-13(2)17(14(3)10-12)7-8-25(23,24)22-16-6-4-5-15(11-16)18(19,20)21/h4-11,22H,1-3H3/b8-7+. The highest BCUT2D eigenvalue weighted by atomic mass is 32.2. The van der Waals surface area contributed by atoms with Crippen molar-refractivity contribution >= 4 is 21.8 Å². The van der Waals surface area contributed by atoms with Gasteiger partial charge in [0.1, 0.15) is 0 Å². The summed E-state index contributed by atoms with van der Waals surface area (Å²) in [5.74, 6) is 0. The van der Waals surface area contributed by atoms with Gasteiger partial charge in [-0.05, 0) is 61.7 Å². The minimum Gasteiger partial charge on any atom is -0.280 e. The second kappa shape index (κ2) is 6.92. The van der Waals surface area contributed by atoms with E-state index in [4.69, 9.17) is 0 Å². The maximum absolute atomic E-state index is 12.7. The lowest BCUT2D eigenvalue weighted by Crippen LogP contribution is -2.11. The minimum atomic E-state index is -4.53. The van der Waals surface area contributed by atoms with Crippen LogP contribution >= 0.6 is 0 Å². The Bertz CT molecular complexity index is 893. The zero-order valence-corrected chi connectivity index (χ0v) is 14.8. The average molecular weight is 369 g/mol. The van der Waals surface area contributed by atoms with Gasteiger partial charge in [0, 0.05) is 5.69 Å². The molecule has 0 aliphatic rings. The lowest BCUT2D eigenvalue weighted by molar-refractivity contribution is -0.137. The highest BCUT2D eigenvalue weighted by molar-refractivity contribution is 7.95. The average Bonchev–Trinajstić information content (AvgIpc) is 2.44. The van der Waals surface area contributed by atoms with Crippen LogP contribution in [-0.2, 0) is 16.2 Å². The zero-order valence-electron chi connectivity index (χ0n) is 14.0. The van der Waals surface area contributed by atoms with E-state index in [2.05, 4.69) is 4.72 Å². The molecule has 0 bridgehead atoms. The van der Waals surface area contributed by atoms with Gasteiger partial charge in [0.15, 0.2) is 0 Å². The first-order valence-electron chi connectivity index (χ1n) is 7.44. The van der Waals surface area contributed by atoms with E-state index in [9.17, 15) is 21.6 Å². The Hall–Kier alpha value is -2.28. The van der Waals surface area contributed by atoms with Crippen molar-refractivity contribution in [3.05, 3.63) is 69.6 Å². The third-order valence-electron chi connectivity index (χ3n) is 3.60. The van der Waals surface area contributed by atoms with Crippen molar-refractivity contribution in [3.8, 4) is 0 Å². The lowest BCUT2D eigenvalue weighted by Gasteiger charge is -2.10. The molecule has 2 aromatic carbocycles. The molecule has 0 aliphatic heterocycles. The summed E-state index contributed by atoms with van der Waals surface area (Å²) in [6.45, 7) is 5.68. The van der Waals surface area contributed by atoms with Crippen LogP contribution in [0.5, 0.6) is 0 Å². The second-order valence-corrected chi connectivity index (χ2v) is 7.41. The third kappa shape index (κ3) is 5.09. The Kier molecular flexibility index (Phi) is 5.27. The van der Waals surface area contributed by atoms with Crippen LogP contribution < -0.4 is 4.72 Å². The first-order chi connectivity index (χ1) is 11.5. The van der Waals surface area contributed by atoms with Crippen LogP contribution in [0.15, 0.2) is 41.8 Å². The summed E-state index contributed by atoms with van der Waals surface area (Å²) in [6, 6.07) is 7.92. The van der Waals surface area contributed by atoms with Gasteiger partial charge in [-0.3, -0.25) is 4.72 Å². The maximum atomic E-state index is 12.7. The van der Waals surface area contributed by atoms with E-state index in [1.165, 1.54) is 12.1 Å². The summed E-state index contributed by atoms with van der Waals surface area (Å²) in [6.07, 6.45) is -3.09. The number of rotatable bonds is 4. The van der Waals surface area contributed by atoms with Gasteiger partial charge in [0.2, 0.25) is 0 Å². The number of aryl methyl sites for hydroxylation is 3. The number of hydrogen-bond donors (Lipinski definition) is 1. The molecule has 0 saturated heterocycles. The molecule has 0 unspecified atom stereocenters. The van der Waals surface area contributed by atoms with E-state index in [0.29, 0.717) is 0 Å². The van der Waals surface area contributed by atoms with Gasteiger partial charge in [-0.15, -0.1) is 0 Å². The molecule has 0 heterocycles. The van der Waals surface area contributed by atoms with Crippen molar-refractivity contribution in [1.29, 1.82) is 0 Å². The van der Waals surface area contributed by atoms with E-state index < -0.39 is 21.8 Å². The fourth-order valence-corrected chi connectivity index (χ4v) is 3.41. The number of hydrogen-bond acceptors (Lipinski definition) is 2. The summed E-state index contributed by atoms with van der Waals surface area (Å²) in [5.41, 5.74) is 2.61. The first-order valence-corrected chi connectivity index (χ1v) is 8.98. The summed E-state index contributed by atoms with van der Waals surface area (Å²) >= 11 is 0. The molecule has 3 nitrogen and oxygen atoms in total. The molecule has 0 saturated carbocycles. The van der Waals surface area contributed by atoms with Crippen LogP contribution in [0.4, 0.5) is 18.9 Å². The largest absolute Gasteiger partial charge is 0.416 e. The van der Waals surface area contributed by atoms with Crippen molar-refractivity contribution in [2.45, 2.75) is 26.9 Å². The fraction of sp³-hybridized carbons (Fsp3) is 0.222. The van der Waals surface area contributed by atoms with Crippen molar-refractivity contribution < 1.29 is 21.6 Å². The number of benzene rings is 2. The van der Waals surface area contributed by atoms with Gasteiger partial charge in [0.05, 0.1) is 11.0 Å². The summed E-state index contributed by atoms with van der Waals surface area (Å²) in [4.78, 5) is 0. The first kappa shape index (κ1) is 19.1. The van der Waals surface area contributed by atoms with Crippen LogP contribution in [0.25, 0.3) is 6.08 Å². The molecule has 0 fully saturated rings. The molecule has 7 heteroatoms. The van der Waals surface area contributed by atoms with Gasteiger partial charge in [-0.25, -0.2) is 8.42 Å². The minimum absolute atomic E-state index is 0.142. The fourth-order valence-electron chi connectivity index (χ4n) is 2.57. The normalized spacial score (nSPS) is 12.6. The third-order valence-corrected chi connectivity index (χ3v) is 4.62. The molecule has 2 aromatic rings. The van der Waals surface area contributed by atoms with Crippen molar-refractivity contribution in [2.24, 2.45) is 0 Å². The summed E-state index contributed by atoms with van der Waals surface area (Å²) in [5, 5.41) is 0.956. The molecule has 0 radical (unpaired) electrons. The quantitative estimate of drug-likeness (QED) is 0.820. The van der Waals surface area contributed by atoms with Crippen molar-refractivity contribution in [3.63, 3.8) is 0 Å². The van der Waals surface area contributed by atoms with Gasteiger partial charge in [0.25, 0.3) is 10.0 Å². The predicted octanol–water partition coefficient (Wildman–Crippen LogP) is 5.04. The molecular formula is C18H18F3NO2S. The molecule has 0 atom stereocenters. The van der Waals surface area contributed by atoms with Crippen LogP contribution in [0.2, 0.25) is 0 Å². The van der Waals surface area contributed by atoms with Gasteiger partial charge in [-0.1, -0.05) is 23.8 Å². The number of nitrogens with one attached hydrogen (secondary N) is 1. The van der Waals surface area contributed by atoms with E-state index in [1.54, 1.807) is 0 Å². The molecule has 0 aliphatic carbocycles. The monoisotopic (exact) mass is 369 g/mol. The predicted molar refractivity (Wildman–Crippen MR) is 93.7 cm³/mol. The number of halogens is 3. The SMILES string of the molecule is Cc1cc(C)c(/C=C/S(=O)(=O)Nc2cccc(C(F)(F)F)c2)c(C)c1. The Labute approximate surface area is 145 Å². The van der Waals surface area contributed by atoms with Gasteiger partial charge < -0.3 is 0 Å². The Balaban J connectivity index is 2.26. The van der Waals surface area contributed by atoms with Crippen LogP contribution in [0.1, 0.15) is 27.8 Å². The zero-order chi connectivity index (χ0) is 18.8. The van der Waals surface area contributed by atoms with Crippen LogP contribution in [0, 0.1) is 20.8 Å². The molecule has 134 valence electrons. The van der Waals surface area contributed by atoms with Crippen LogP contribution in [0.3, 0.4) is 0 Å². The highest BCUT2D eigenvalue weighted by Gasteiger charge is 2.30. The molecule has 0 aromatic heterocycles. The van der Waals surface area contributed by atoms with Gasteiger partial charge >= 0.3 is 6.18 Å². The number of anilines is 1. The molecule has 0 amide bonds. The maximum Gasteiger partial charge on any atom is 0.416 e. The molecule has 0 spiro atoms. The highest BCUT2D eigenvalue weighted by Crippen LogP contribution is 2.31. The summed E-state index contributed by atoms with van der Waals surface area (Å²) in [7, 11) is -3.94. The lowest BCUT2D eigenvalue weighted by atomic mass is 10.0. The van der Waals surface area contributed by atoms with Crippen molar-refractivity contribution in [2.75, 3.05) is 4.72 Å². The Morgan fingerprint density at radius 2 is 1.60 bits per heavy atom. The number of alkyl halides is 3. The molecular weight excluding hydrogens is 351 g/mol. The molecule has 1 N–H and O–H groups in total. The number of sulfonamides is 1. The van der Waals surface area contributed by atoms with Gasteiger partial charge in [-0.2, -0.15) is 13.2 Å². The summed E-state index contributed by atoms with van der Waals surface area (Å²) < 4.78 is 64.5. The van der Waals surface area contributed by atoms with Crippen molar-refractivity contribution in [1.82, 2.24) is 0 Å². The van der Waals surface area contributed by atoms with E-state index >= 15 is 0 Å². The second-order valence-electron chi connectivity index (χ2n) is 5.84. The molecule has 2 rings (SSSR count).